The molecule has 0 saturated heterocycles. The number of aryl methyl sites for hydroxylation is 1. The smallest absolute Gasteiger partial charge is 0.125 e. The molecule has 0 unspecified atom stereocenters. The highest BCUT2D eigenvalue weighted by Crippen LogP contribution is 2.22. The zero-order valence-corrected chi connectivity index (χ0v) is 10.7. The molecule has 0 aliphatic heterocycles. The van der Waals surface area contributed by atoms with E-state index in [9.17, 15) is 5.11 Å². The zero-order chi connectivity index (χ0) is 12.1. The topological polar surface area (TPSA) is 29.5 Å². The Balaban J connectivity index is 2.01. The van der Waals surface area contributed by atoms with Gasteiger partial charge in [0.15, 0.2) is 0 Å². The van der Waals surface area contributed by atoms with Crippen LogP contribution >= 0.6 is 11.3 Å². The lowest BCUT2D eigenvalue weighted by Gasteiger charge is -2.08. The number of aliphatic hydroxyl groups is 1. The number of hydrogen-bond acceptors (Lipinski definition) is 3. The summed E-state index contributed by atoms with van der Waals surface area (Å²) in [6.07, 6.45) is 1.07. The van der Waals surface area contributed by atoms with Crippen molar-refractivity contribution in [3.63, 3.8) is 0 Å². The molecule has 2 aromatic rings. The van der Waals surface area contributed by atoms with Crippen LogP contribution in [0.3, 0.4) is 0 Å². The molecule has 0 aliphatic rings. The molecule has 2 nitrogen and oxygen atoms in total. The molecule has 0 saturated carbocycles. The van der Waals surface area contributed by atoms with Crippen molar-refractivity contribution in [1.82, 2.24) is 0 Å². The van der Waals surface area contributed by atoms with E-state index in [1.807, 2.05) is 24.3 Å². The third kappa shape index (κ3) is 3.08. The first-order valence-corrected chi connectivity index (χ1v) is 6.54. The summed E-state index contributed by atoms with van der Waals surface area (Å²) < 4.78 is 5.72. The fourth-order valence-corrected chi connectivity index (χ4v) is 2.49. The van der Waals surface area contributed by atoms with Gasteiger partial charge in [-0.1, -0.05) is 25.1 Å². The second-order valence-corrected chi connectivity index (χ2v) is 5.03. The molecule has 0 radical (unpaired) electrons. The number of para-hydroxylation sites is 1. The van der Waals surface area contributed by atoms with Crippen LogP contribution in [-0.4, -0.2) is 5.11 Å². The van der Waals surface area contributed by atoms with Crippen LogP contribution in [-0.2, 0) is 19.6 Å². The summed E-state index contributed by atoms with van der Waals surface area (Å²) in [6.45, 7) is 2.74. The Morgan fingerprint density at radius 1 is 1.12 bits per heavy atom. The summed E-state index contributed by atoms with van der Waals surface area (Å²) in [5.41, 5.74) is 0.833. The standard InChI is InChI=1S/C14H16O2S/c1-2-12-7-8-13(17-12)10-16-14-6-4-3-5-11(14)9-15/h3-8,15H,2,9-10H2,1H3. The van der Waals surface area contributed by atoms with E-state index in [-0.39, 0.29) is 6.61 Å². The maximum absolute atomic E-state index is 9.18. The van der Waals surface area contributed by atoms with Gasteiger partial charge < -0.3 is 9.84 Å². The Labute approximate surface area is 105 Å². The van der Waals surface area contributed by atoms with E-state index < -0.39 is 0 Å². The summed E-state index contributed by atoms with van der Waals surface area (Å²) in [5, 5.41) is 9.18. The Hall–Kier alpha value is -1.32. The van der Waals surface area contributed by atoms with Gasteiger partial charge in [-0.05, 0) is 24.6 Å². The van der Waals surface area contributed by atoms with Crippen LogP contribution in [0.2, 0.25) is 0 Å². The summed E-state index contributed by atoms with van der Waals surface area (Å²) in [6, 6.07) is 11.8. The van der Waals surface area contributed by atoms with Crippen LogP contribution in [0.4, 0.5) is 0 Å². The van der Waals surface area contributed by atoms with E-state index in [1.165, 1.54) is 9.75 Å². The van der Waals surface area contributed by atoms with Gasteiger partial charge in [-0.25, -0.2) is 0 Å². The fraction of sp³-hybridized carbons (Fsp3) is 0.286. The van der Waals surface area contributed by atoms with E-state index in [0.717, 1.165) is 17.7 Å². The van der Waals surface area contributed by atoms with E-state index in [1.54, 1.807) is 11.3 Å². The molecule has 1 aromatic heterocycles. The Kier molecular flexibility index (Phi) is 4.18. The van der Waals surface area contributed by atoms with Gasteiger partial charge >= 0.3 is 0 Å². The lowest BCUT2D eigenvalue weighted by Crippen LogP contribution is -1.96. The lowest BCUT2D eigenvalue weighted by atomic mass is 10.2. The van der Waals surface area contributed by atoms with Crippen LogP contribution in [0.25, 0.3) is 0 Å². The first kappa shape index (κ1) is 12.1. The molecule has 1 heterocycles. The minimum Gasteiger partial charge on any atom is -0.488 e. The molecule has 0 fully saturated rings. The Morgan fingerprint density at radius 2 is 1.88 bits per heavy atom. The number of thiophene rings is 1. The fourth-order valence-electron chi connectivity index (χ4n) is 1.61. The van der Waals surface area contributed by atoms with Gasteiger partial charge in [0.25, 0.3) is 0 Å². The average Bonchev–Trinajstić information content (AvgIpc) is 2.84. The van der Waals surface area contributed by atoms with Gasteiger partial charge in [0.05, 0.1) is 6.61 Å². The number of benzene rings is 1. The van der Waals surface area contributed by atoms with Gasteiger partial charge in [0.2, 0.25) is 0 Å². The average molecular weight is 248 g/mol. The van der Waals surface area contributed by atoms with Crippen molar-refractivity contribution >= 4 is 11.3 Å². The van der Waals surface area contributed by atoms with E-state index in [4.69, 9.17) is 4.74 Å². The van der Waals surface area contributed by atoms with Gasteiger partial charge in [-0.15, -0.1) is 11.3 Å². The molecule has 0 aliphatic carbocycles. The van der Waals surface area contributed by atoms with Crippen molar-refractivity contribution in [2.45, 2.75) is 26.6 Å². The Bertz CT molecular complexity index is 477. The zero-order valence-electron chi connectivity index (χ0n) is 9.85. The summed E-state index contributed by atoms with van der Waals surface area (Å²) in [5.74, 6) is 0.765. The van der Waals surface area contributed by atoms with Crippen molar-refractivity contribution in [2.24, 2.45) is 0 Å². The minimum absolute atomic E-state index is 0.0147. The van der Waals surface area contributed by atoms with Crippen molar-refractivity contribution in [3.05, 3.63) is 51.7 Å². The molecular formula is C14H16O2S. The number of hydrogen-bond donors (Lipinski definition) is 1. The van der Waals surface area contributed by atoms with Crippen molar-refractivity contribution in [1.29, 1.82) is 0 Å². The van der Waals surface area contributed by atoms with Crippen LogP contribution in [0.5, 0.6) is 5.75 Å². The molecule has 0 atom stereocenters. The van der Waals surface area contributed by atoms with Crippen molar-refractivity contribution in [2.75, 3.05) is 0 Å². The first-order chi connectivity index (χ1) is 8.33. The predicted octanol–water partition coefficient (Wildman–Crippen LogP) is 3.38. The molecule has 3 heteroatoms. The summed E-state index contributed by atoms with van der Waals surface area (Å²) >= 11 is 1.78. The largest absolute Gasteiger partial charge is 0.488 e. The highest BCUT2D eigenvalue weighted by Gasteiger charge is 2.03. The van der Waals surface area contributed by atoms with Gasteiger partial charge in [-0.3, -0.25) is 0 Å². The van der Waals surface area contributed by atoms with Gasteiger partial charge in [-0.2, -0.15) is 0 Å². The molecular weight excluding hydrogens is 232 g/mol. The highest BCUT2D eigenvalue weighted by molar-refractivity contribution is 7.11. The Morgan fingerprint density at radius 3 is 2.59 bits per heavy atom. The van der Waals surface area contributed by atoms with E-state index in [0.29, 0.717) is 6.61 Å². The number of rotatable bonds is 5. The molecule has 17 heavy (non-hydrogen) atoms. The van der Waals surface area contributed by atoms with Crippen molar-refractivity contribution < 1.29 is 9.84 Å². The highest BCUT2D eigenvalue weighted by atomic mass is 32.1. The lowest BCUT2D eigenvalue weighted by molar-refractivity contribution is 0.260. The maximum atomic E-state index is 9.18. The third-order valence-corrected chi connectivity index (χ3v) is 3.78. The van der Waals surface area contributed by atoms with Crippen LogP contribution in [0.15, 0.2) is 36.4 Å². The normalized spacial score (nSPS) is 10.5. The third-order valence-electron chi connectivity index (χ3n) is 2.58. The first-order valence-electron chi connectivity index (χ1n) is 5.72. The molecule has 1 aromatic carbocycles. The number of aliphatic hydroxyl groups excluding tert-OH is 1. The quantitative estimate of drug-likeness (QED) is 0.879. The molecule has 90 valence electrons. The maximum Gasteiger partial charge on any atom is 0.125 e. The number of ether oxygens (including phenoxy) is 1. The van der Waals surface area contributed by atoms with Crippen LogP contribution in [0, 0.1) is 0 Å². The monoisotopic (exact) mass is 248 g/mol. The molecule has 0 amide bonds. The molecule has 2 rings (SSSR count). The van der Waals surface area contributed by atoms with Gasteiger partial charge in [0, 0.05) is 15.3 Å². The molecule has 1 N–H and O–H groups in total. The van der Waals surface area contributed by atoms with Crippen LogP contribution in [0.1, 0.15) is 22.2 Å². The van der Waals surface area contributed by atoms with E-state index >= 15 is 0 Å². The summed E-state index contributed by atoms with van der Waals surface area (Å²) in [4.78, 5) is 2.59. The van der Waals surface area contributed by atoms with Crippen molar-refractivity contribution in [3.8, 4) is 5.75 Å². The molecule has 0 bridgehead atoms. The van der Waals surface area contributed by atoms with E-state index in [2.05, 4.69) is 19.1 Å². The predicted molar refractivity (Wildman–Crippen MR) is 70.4 cm³/mol. The van der Waals surface area contributed by atoms with Gasteiger partial charge in [0.1, 0.15) is 12.4 Å². The minimum atomic E-state index is 0.0147. The second kappa shape index (κ2) is 5.84. The SMILES string of the molecule is CCc1ccc(COc2ccccc2CO)s1. The summed E-state index contributed by atoms with van der Waals surface area (Å²) in [7, 11) is 0. The second-order valence-electron chi connectivity index (χ2n) is 3.78. The molecule has 0 spiro atoms. The van der Waals surface area contributed by atoms with Crippen LogP contribution < -0.4 is 4.74 Å².